The summed E-state index contributed by atoms with van der Waals surface area (Å²) in [5.74, 6) is 1.42. The lowest BCUT2D eigenvalue weighted by Gasteiger charge is -2.13. The summed E-state index contributed by atoms with van der Waals surface area (Å²) in [6.45, 7) is 4.29. The number of benzene rings is 2. The molecular formula is C17H19FO3. The van der Waals surface area contributed by atoms with Crippen LogP contribution in [0.5, 0.6) is 17.2 Å². The minimum atomic E-state index is -0.803. The maximum atomic E-state index is 13.2. The number of aliphatic hydroxyl groups is 1. The van der Waals surface area contributed by atoms with E-state index in [2.05, 4.69) is 0 Å². The maximum absolute atomic E-state index is 13.2. The zero-order valence-corrected chi connectivity index (χ0v) is 12.2. The van der Waals surface area contributed by atoms with Gasteiger partial charge in [0.15, 0.2) is 0 Å². The minimum Gasteiger partial charge on any atom is -0.494 e. The number of hydrogen-bond acceptors (Lipinski definition) is 3. The molecule has 0 aliphatic rings. The SMILES string of the molecule is CCCOc1ccc(Oc2ccc(F)cc2[C@H](C)O)cc1. The summed E-state index contributed by atoms with van der Waals surface area (Å²) in [5.41, 5.74) is 0.418. The Bertz CT molecular complexity index is 579. The fourth-order valence-electron chi connectivity index (χ4n) is 1.89. The van der Waals surface area contributed by atoms with E-state index >= 15 is 0 Å². The van der Waals surface area contributed by atoms with Gasteiger partial charge in [0.25, 0.3) is 0 Å². The Kier molecular flexibility index (Phi) is 5.17. The van der Waals surface area contributed by atoms with Crippen LogP contribution >= 0.6 is 0 Å². The molecule has 21 heavy (non-hydrogen) atoms. The Labute approximate surface area is 124 Å². The Morgan fingerprint density at radius 3 is 2.38 bits per heavy atom. The standard InChI is InChI=1S/C17H19FO3/c1-3-10-20-14-5-7-15(8-6-14)21-17-9-4-13(18)11-16(17)12(2)19/h4-9,11-12,19H,3,10H2,1-2H3/t12-/m0/s1. The van der Waals surface area contributed by atoms with Crippen LogP contribution < -0.4 is 9.47 Å². The third-order valence-corrected chi connectivity index (χ3v) is 2.95. The summed E-state index contributed by atoms with van der Waals surface area (Å²) < 4.78 is 24.4. The van der Waals surface area contributed by atoms with Crippen molar-refractivity contribution in [3.63, 3.8) is 0 Å². The lowest BCUT2D eigenvalue weighted by molar-refractivity contribution is 0.195. The zero-order valence-electron chi connectivity index (χ0n) is 12.2. The fraction of sp³-hybridized carbons (Fsp3) is 0.294. The Balaban J connectivity index is 2.14. The zero-order chi connectivity index (χ0) is 15.2. The van der Waals surface area contributed by atoms with E-state index in [1.54, 1.807) is 19.1 Å². The van der Waals surface area contributed by atoms with E-state index < -0.39 is 11.9 Å². The van der Waals surface area contributed by atoms with Crippen LogP contribution in [-0.2, 0) is 0 Å². The maximum Gasteiger partial charge on any atom is 0.133 e. The number of halogens is 1. The second kappa shape index (κ2) is 7.09. The minimum absolute atomic E-state index is 0.401. The van der Waals surface area contributed by atoms with Gasteiger partial charge in [-0.2, -0.15) is 0 Å². The molecule has 0 radical (unpaired) electrons. The fourth-order valence-corrected chi connectivity index (χ4v) is 1.89. The molecule has 0 bridgehead atoms. The highest BCUT2D eigenvalue weighted by molar-refractivity contribution is 5.40. The molecule has 1 N–H and O–H groups in total. The first-order chi connectivity index (χ1) is 10.1. The van der Waals surface area contributed by atoms with Gasteiger partial charge in [0.2, 0.25) is 0 Å². The summed E-state index contributed by atoms with van der Waals surface area (Å²) in [5, 5.41) is 9.68. The summed E-state index contributed by atoms with van der Waals surface area (Å²) in [6.07, 6.45) is 0.147. The number of ether oxygens (including phenoxy) is 2. The molecule has 0 amide bonds. The number of aliphatic hydroxyl groups excluding tert-OH is 1. The van der Waals surface area contributed by atoms with Gasteiger partial charge in [-0.25, -0.2) is 4.39 Å². The molecule has 1 atom stereocenters. The normalized spacial score (nSPS) is 12.0. The van der Waals surface area contributed by atoms with Crippen molar-refractivity contribution < 1.29 is 19.0 Å². The largest absolute Gasteiger partial charge is 0.494 e. The highest BCUT2D eigenvalue weighted by Crippen LogP contribution is 2.31. The van der Waals surface area contributed by atoms with Gasteiger partial charge in [-0.1, -0.05) is 6.92 Å². The first kappa shape index (κ1) is 15.3. The molecular weight excluding hydrogens is 271 g/mol. The van der Waals surface area contributed by atoms with Crippen LogP contribution in [0.15, 0.2) is 42.5 Å². The third kappa shape index (κ3) is 4.20. The van der Waals surface area contributed by atoms with Gasteiger partial charge in [-0.05, 0) is 55.8 Å². The van der Waals surface area contributed by atoms with Gasteiger partial charge < -0.3 is 14.6 Å². The van der Waals surface area contributed by atoms with Crippen molar-refractivity contribution in [3.05, 3.63) is 53.8 Å². The van der Waals surface area contributed by atoms with Crippen molar-refractivity contribution in [2.24, 2.45) is 0 Å². The van der Waals surface area contributed by atoms with Crippen LogP contribution in [0.3, 0.4) is 0 Å². The predicted molar refractivity (Wildman–Crippen MR) is 79.3 cm³/mol. The first-order valence-electron chi connectivity index (χ1n) is 6.98. The van der Waals surface area contributed by atoms with Crippen molar-refractivity contribution in [1.82, 2.24) is 0 Å². The van der Waals surface area contributed by atoms with Gasteiger partial charge in [0, 0.05) is 5.56 Å². The van der Waals surface area contributed by atoms with Gasteiger partial charge in [0.05, 0.1) is 12.7 Å². The van der Waals surface area contributed by atoms with Gasteiger partial charge >= 0.3 is 0 Å². The van der Waals surface area contributed by atoms with Crippen LogP contribution in [0.1, 0.15) is 31.9 Å². The van der Waals surface area contributed by atoms with E-state index in [0.717, 1.165) is 12.2 Å². The van der Waals surface area contributed by atoms with Crippen LogP contribution in [0.25, 0.3) is 0 Å². The molecule has 0 heterocycles. The van der Waals surface area contributed by atoms with E-state index in [1.807, 2.05) is 19.1 Å². The molecule has 0 fully saturated rings. The van der Waals surface area contributed by atoms with Crippen molar-refractivity contribution in [1.29, 1.82) is 0 Å². The predicted octanol–water partition coefficient (Wildman–Crippen LogP) is 4.46. The van der Waals surface area contributed by atoms with E-state index in [4.69, 9.17) is 9.47 Å². The molecule has 0 aliphatic carbocycles. The van der Waals surface area contributed by atoms with E-state index in [1.165, 1.54) is 18.2 Å². The molecule has 0 saturated carbocycles. The van der Waals surface area contributed by atoms with E-state index in [0.29, 0.717) is 23.7 Å². The summed E-state index contributed by atoms with van der Waals surface area (Å²) in [6, 6.07) is 11.3. The van der Waals surface area contributed by atoms with Crippen molar-refractivity contribution in [2.75, 3.05) is 6.61 Å². The van der Waals surface area contributed by atoms with Gasteiger partial charge in [-0.15, -0.1) is 0 Å². The molecule has 3 nitrogen and oxygen atoms in total. The van der Waals surface area contributed by atoms with Gasteiger partial charge in [-0.3, -0.25) is 0 Å². The monoisotopic (exact) mass is 290 g/mol. The molecule has 0 aliphatic heterocycles. The van der Waals surface area contributed by atoms with Crippen LogP contribution in [0.4, 0.5) is 4.39 Å². The molecule has 2 rings (SSSR count). The Morgan fingerprint density at radius 1 is 1.10 bits per heavy atom. The van der Waals surface area contributed by atoms with Gasteiger partial charge in [0.1, 0.15) is 23.1 Å². The van der Waals surface area contributed by atoms with Crippen LogP contribution in [-0.4, -0.2) is 11.7 Å². The second-order valence-corrected chi connectivity index (χ2v) is 4.78. The summed E-state index contributed by atoms with van der Waals surface area (Å²) >= 11 is 0. The van der Waals surface area contributed by atoms with Crippen molar-refractivity contribution in [3.8, 4) is 17.2 Å². The number of rotatable bonds is 6. The third-order valence-electron chi connectivity index (χ3n) is 2.95. The quantitative estimate of drug-likeness (QED) is 0.853. The average molecular weight is 290 g/mol. The molecule has 2 aromatic carbocycles. The lowest BCUT2D eigenvalue weighted by Crippen LogP contribution is -1.97. The molecule has 4 heteroatoms. The average Bonchev–Trinajstić information content (AvgIpc) is 2.48. The van der Waals surface area contributed by atoms with Crippen LogP contribution in [0.2, 0.25) is 0 Å². The molecule has 0 aromatic heterocycles. The lowest BCUT2D eigenvalue weighted by atomic mass is 10.1. The second-order valence-electron chi connectivity index (χ2n) is 4.78. The smallest absolute Gasteiger partial charge is 0.133 e. The number of hydrogen-bond donors (Lipinski definition) is 1. The van der Waals surface area contributed by atoms with Crippen molar-refractivity contribution >= 4 is 0 Å². The Hall–Kier alpha value is -2.07. The highest BCUT2D eigenvalue weighted by Gasteiger charge is 2.11. The first-order valence-corrected chi connectivity index (χ1v) is 6.98. The summed E-state index contributed by atoms with van der Waals surface area (Å²) in [7, 11) is 0. The molecule has 0 spiro atoms. The highest BCUT2D eigenvalue weighted by atomic mass is 19.1. The van der Waals surface area contributed by atoms with E-state index in [9.17, 15) is 9.50 Å². The topological polar surface area (TPSA) is 38.7 Å². The molecule has 112 valence electrons. The van der Waals surface area contributed by atoms with Crippen LogP contribution in [0, 0.1) is 5.82 Å². The Morgan fingerprint density at radius 2 is 1.76 bits per heavy atom. The van der Waals surface area contributed by atoms with E-state index in [-0.39, 0.29) is 0 Å². The molecule has 0 saturated heterocycles. The molecule has 0 unspecified atom stereocenters. The summed E-state index contributed by atoms with van der Waals surface area (Å²) in [4.78, 5) is 0. The van der Waals surface area contributed by atoms with Crippen molar-refractivity contribution in [2.45, 2.75) is 26.4 Å². The molecule has 2 aromatic rings.